The van der Waals surface area contributed by atoms with Crippen molar-refractivity contribution in [1.82, 2.24) is 20.9 Å². The molecular formula is C18H32IN5O. The lowest BCUT2D eigenvalue weighted by atomic mass is 10.0. The first kappa shape index (κ1) is 23.6. The average molecular weight is 461 g/mol. The third-order valence-corrected chi connectivity index (χ3v) is 3.65. The lowest BCUT2D eigenvalue weighted by Crippen LogP contribution is -2.44. The first-order chi connectivity index (χ1) is 11.5. The second kappa shape index (κ2) is 13.9. The molecule has 0 saturated heterocycles. The highest BCUT2D eigenvalue weighted by molar-refractivity contribution is 14.0. The van der Waals surface area contributed by atoms with E-state index in [1.165, 1.54) is 12.8 Å². The smallest absolute Gasteiger partial charge is 0.252 e. The van der Waals surface area contributed by atoms with Crippen LogP contribution in [0.2, 0.25) is 0 Å². The Labute approximate surface area is 168 Å². The van der Waals surface area contributed by atoms with Gasteiger partial charge in [-0.15, -0.1) is 24.0 Å². The molecule has 0 saturated carbocycles. The maximum absolute atomic E-state index is 11.9. The molecule has 0 aliphatic heterocycles. The molecular weight excluding hydrogens is 429 g/mol. The zero-order valence-corrected chi connectivity index (χ0v) is 18.0. The van der Waals surface area contributed by atoms with E-state index in [0.717, 1.165) is 18.3 Å². The Morgan fingerprint density at radius 2 is 1.92 bits per heavy atom. The number of nitrogens with one attached hydrogen (secondary N) is 3. The lowest BCUT2D eigenvalue weighted by Gasteiger charge is -2.18. The Morgan fingerprint density at radius 3 is 2.52 bits per heavy atom. The zero-order valence-electron chi connectivity index (χ0n) is 15.7. The minimum atomic E-state index is -0.116. The maximum atomic E-state index is 11.9. The van der Waals surface area contributed by atoms with Gasteiger partial charge in [-0.05, 0) is 31.4 Å². The predicted molar refractivity (Wildman–Crippen MR) is 115 cm³/mol. The Morgan fingerprint density at radius 1 is 1.20 bits per heavy atom. The molecule has 1 amide bonds. The minimum Gasteiger partial charge on any atom is -0.355 e. The van der Waals surface area contributed by atoms with Crippen molar-refractivity contribution in [2.24, 2.45) is 10.9 Å². The number of carbonyl (C=O) groups excluding carboxylic acids is 1. The molecule has 0 radical (unpaired) electrons. The molecule has 1 unspecified atom stereocenters. The fraction of sp³-hybridized carbons (Fsp3) is 0.611. The van der Waals surface area contributed by atoms with Crippen molar-refractivity contribution in [2.45, 2.75) is 46.1 Å². The van der Waals surface area contributed by atoms with Crippen LogP contribution in [0.4, 0.5) is 0 Å². The summed E-state index contributed by atoms with van der Waals surface area (Å²) in [6, 6.07) is 3.87. The molecule has 7 heteroatoms. The molecule has 0 fully saturated rings. The van der Waals surface area contributed by atoms with Crippen molar-refractivity contribution in [2.75, 3.05) is 20.1 Å². The minimum absolute atomic E-state index is 0. The number of hydrogen-bond donors (Lipinski definition) is 3. The van der Waals surface area contributed by atoms with Crippen molar-refractivity contribution in [3.8, 4) is 0 Å². The molecule has 142 valence electrons. The molecule has 1 aromatic heterocycles. The van der Waals surface area contributed by atoms with Crippen molar-refractivity contribution < 1.29 is 4.79 Å². The predicted octanol–water partition coefficient (Wildman–Crippen LogP) is 2.81. The van der Waals surface area contributed by atoms with Gasteiger partial charge in [0.2, 0.25) is 0 Å². The number of halogens is 1. The van der Waals surface area contributed by atoms with E-state index in [-0.39, 0.29) is 29.9 Å². The summed E-state index contributed by atoms with van der Waals surface area (Å²) in [7, 11) is 1.75. The Kier molecular flexibility index (Phi) is 13.1. The van der Waals surface area contributed by atoms with Gasteiger partial charge in [0.05, 0.1) is 5.56 Å². The fourth-order valence-corrected chi connectivity index (χ4v) is 2.29. The zero-order chi connectivity index (χ0) is 17.8. The molecule has 1 atom stereocenters. The number of guanidine groups is 1. The van der Waals surface area contributed by atoms with E-state index in [1.54, 1.807) is 31.6 Å². The third kappa shape index (κ3) is 11.0. The number of aliphatic imine (C=N–C) groups is 1. The van der Waals surface area contributed by atoms with Crippen LogP contribution >= 0.6 is 24.0 Å². The molecule has 0 aromatic carbocycles. The Bertz CT molecular complexity index is 507. The first-order valence-corrected chi connectivity index (χ1v) is 8.68. The van der Waals surface area contributed by atoms with Crippen LogP contribution in [0.3, 0.4) is 0 Å². The normalized spacial score (nSPS) is 12.3. The van der Waals surface area contributed by atoms with Crippen LogP contribution in [0.25, 0.3) is 0 Å². The number of rotatable bonds is 9. The summed E-state index contributed by atoms with van der Waals surface area (Å²) in [6.45, 7) is 7.80. The lowest BCUT2D eigenvalue weighted by molar-refractivity contribution is 0.0954. The molecule has 1 heterocycles. The van der Waals surface area contributed by atoms with Crippen molar-refractivity contribution in [1.29, 1.82) is 0 Å². The summed E-state index contributed by atoms with van der Waals surface area (Å²) in [4.78, 5) is 20.0. The molecule has 1 rings (SSSR count). The summed E-state index contributed by atoms with van der Waals surface area (Å²) in [5, 5.41) is 9.45. The Hall–Kier alpha value is -1.38. The van der Waals surface area contributed by atoms with E-state index in [1.807, 2.05) is 0 Å². The van der Waals surface area contributed by atoms with Gasteiger partial charge in [-0.1, -0.05) is 26.7 Å². The third-order valence-electron chi connectivity index (χ3n) is 3.65. The summed E-state index contributed by atoms with van der Waals surface area (Å²) < 4.78 is 0. The second-order valence-electron chi connectivity index (χ2n) is 6.37. The summed E-state index contributed by atoms with van der Waals surface area (Å²) in [6.07, 6.45) is 6.79. The SMILES string of the molecule is CN=C(NCCNC(=O)c1cccnc1)NC(C)CCCC(C)C.I. The number of aromatic nitrogens is 1. The topological polar surface area (TPSA) is 78.4 Å². The van der Waals surface area contributed by atoms with Gasteiger partial charge in [0.1, 0.15) is 0 Å². The van der Waals surface area contributed by atoms with E-state index in [4.69, 9.17) is 0 Å². The van der Waals surface area contributed by atoms with Gasteiger partial charge >= 0.3 is 0 Å². The largest absolute Gasteiger partial charge is 0.355 e. The van der Waals surface area contributed by atoms with Gasteiger partial charge in [0.25, 0.3) is 5.91 Å². The molecule has 0 spiro atoms. The second-order valence-corrected chi connectivity index (χ2v) is 6.37. The quantitative estimate of drug-likeness (QED) is 0.229. The number of amides is 1. The van der Waals surface area contributed by atoms with Crippen LogP contribution < -0.4 is 16.0 Å². The molecule has 0 bridgehead atoms. The van der Waals surface area contributed by atoms with Crippen molar-refractivity contribution in [3.05, 3.63) is 30.1 Å². The first-order valence-electron chi connectivity index (χ1n) is 8.68. The summed E-state index contributed by atoms with van der Waals surface area (Å²) in [5.74, 6) is 1.40. The number of hydrogen-bond acceptors (Lipinski definition) is 3. The van der Waals surface area contributed by atoms with Crippen LogP contribution in [0.15, 0.2) is 29.5 Å². The molecule has 0 aliphatic carbocycles. The highest BCUT2D eigenvalue weighted by Gasteiger charge is 2.07. The number of pyridine rings is 1. The summed E-state index contributed by atoms with van der Waals surface area (Å²) >= 11 is 0. The van der Waals surface area contributed by atoms with Gasteiger partial charge in [-0.2, -0.15) is 0 Å². The monoisotopic (exact) mass is 461 g/mol. The molecule has 6 nitrogen and oxygen atoms in total. The average Bonchev–Trinajstić information content (AvgIpc) is 2.57. The number of carbonyl (C=O) groups is 1. The standard InChI is InChI=1S/C18H31N5O.HI/c1-14(2)7-5-8-15(3)23-18(19-4)22-12-11-21-17(24)16-9-6-10-20-13-16;/h6,9-10,13-15H,5,7-8,11-12H2,1-4H3,(H,21,24)(H2,19,22,23);1H. The van der Waals surface area contributed by atoms with Gasteiger partial charge in [-0.3, -0.25) is 14.8 Å². The fourth-order valence-electron chi connectivity index (χ4n) is 2.29. The van der Waals surface area contributed by atoms with Crippen LogP contribution in [0.1, 0.15) is 50.4 Å². The van der Waals surface area contributed by atoms with Gasteiger partial charge in [-0.25, -0.2) is 0 Å². The van der Waals surface area contributed by atoms with Crippen LogP contribution in [0, 0.1) is 5.92 Å². The van der Waals surface area contributed by atoms with E-state index >= 15 is 0 Å². The van der Waals surface area contributed by atoms with E-state index in [0.29, 0.717) is 24.7 Å². The van der Waals surface area contributed by atoms with E-state index < -0.39 is 0 Å². The molecule has 25 heavy (non-hydrogen) atoms. The van der Waals surface area contributed by atoms with Gasteiger partial charge in [0.15, 0.2) is 5.96 Å². The molecule has 0 aliphatic rings. The van der Waals surface area contributed by atoms with Crippen molar-refractivity contribution >= 4 is 35.8 Å². The molecule has 1 aromatic rings. The highest BCUT2D eigenvalue weighted by Crippen LogP contribution is 2.08. The maximum Gasteiger partial charge on any atom is 0.252 e. The van der Waals surface area contributed by atoms with E-state index in [9.17, 15) is 4.79 Å². The van der Waals surface area contributed by atoms with Crippen LogP contribution in [-0.4, -0.2) is 43.0 Å². The van der Waals surface area contributed by atoms with Crippen LogP contribution in [-0.2, 0) is 0 Å². The highest BCUT2D eigenvalue weighted by atomic mass is 127. The van der Waals surface area contributed by atoms with Crippen molar-refractivity contribution in [3.63, 3.8) is 0 Å². The number of nitrogens with zero attached hydrogens (tertiary/aromatic N) is 2. The van der Waals surface area contributed by atoms with Crippen LogP contribution in [0.5, 0.6) is 0 Å². The van der Waals surface area contributed by atoms with Gasteiger partial charge in [0, 0.05) is 38.6 Å². The Balaban J connectivity index is 0.00000576. The molecule has 3 N–H and O–H groups in total. The van der Waals surface area contributed by atoms with Gasteiger partial charge < -0.3 is 16.0 Å². The summed E-state index contributed by atoms with van der Waals surface area (Å²) in [5.41, 5.74) is 0.568. The van der Waals surface area contributed by atoms with E-state index in [2.05, 4.69) is 46.7 Å².